The van der Waals surface area contributed by atoms with Gasteiger partial charge < -0.3 is 19.3 Å². The van der Waals surface area contributed by atoms with Crippen LogP contribution in [0.2, 0.25) is 0 Å². The summed E-state index contributed by atoms with van der Waals surface area (Å²) in [5.74, 6) is -0.882. The van der Waals surface area contributed by atoms with Gasteiger partial charge in [-0.1, -0.05) is 0 Å². The van der Waals surface area contributed by atoms with Gasteiger partial charge in [0.15, 0.2) is 0 Å². The fourth-order valence-electron chi connectivity index (χ4n) is 2.38. The Kier molecular flexibility index (Phi) is 5.46. The number of halogens is 3. The average Bonchev–Trinajstić information content (AvgIpc) is 2.44. The van der Waals surface area contributed by atoms with Crippen LogP contribution in [0.4, 0.5) is 23.7 Å². The second-order valence-electron chi connectivity index (χ2n) is 6.48. The normalized spacial score (nSPS) is 15.6. The number of piperazine rings is 1. The van der Waals surface area contributed by atoms with E-state index in [-0.39, 0.29) is 5.75 Å². The SMILES string of the molecule is CC(C)(C)OC(=O)N1CCN(c2cc(F)cc(OC(F)F)c2)CC1. The number of hydrogen-bond acceptors (Lipinski definition) is 4. The Bertz CT molecular complexity index is 582. The van der Waals surface area contributed by atoms with E-state index >= 15 is 0 Å². The molecule has 134 valence electrons. The molecule has 0 saturated carbocycles. The Balaban J connectivity index is 1.99. The van der Waals surface area contributed by atoms with Crippen LogP contribution in [-0.4, -0.2) is 49.4 Å². The van der Waals surface area contributed by atoms with E-state index in [4.69, 9.17) is 4.74 Å². The maximum absolute atomic E-state index is 13.6. The molecule has 0 bridgehead atoms. The molecule has 0 atom stereocenters. The summed E-state index contributed by atoms with van der Waals surface area (Å²) in [6, 6.07) is 3.52. The fraction of sp³-hybridized carbons (Fsp3) is 0.562. The van der Waals surface area contributed by atoms with Gasteiger partial charge in [-0.2, -0.15) is 8.78 Å². The summed E-state index contributed by atoms with van der Waals surface area (Å²) in [5.41, 5.74) is -0.132. The van der Waals surface area contributed by atoms with Crippen LogP contribution in [0, 0.1) is 5.82 Å². The van der Waals surface area contributed by atoms with Crippen LogP contribution >= 0.6 is 0 Å². The first-order valence-electron chi connectivity index (χ1n) is 7.62. The number of carbonyl (C=O) groups is 1. The van der Waals surface area contributed by atoms with Crippen molar-refractivity contribution in [2.24, 2.45) is 0 Å². The molecule has 1 aromatic carbocycles. The quantitative estimate of drug-likeness (QED) is 0.840. The lowest BCUT2D eigenvalue weighted by Gasteiger charge is -2.36. The number of carbonyl (C=O) groups excluding carboxylic acids is 1. The zero-order valence-corrected chi connectivity index (χ0v) is 13.9. The predicted molar refractivity (Wildman–Crippen MR) is 83.1 cm³/mol. The van der Waals surface area contributed by atoms with Crippen molar-refractivity contribution in [1.82, 2.24) is 4.90 Å². The van der Waals surface area contributed by atoms with E-state index < -0.39 is 24.1 Å². The van der Waals surface area contributed by atoms with Crippen LogP contribution in [0.15, 0.2) is 18.2 Å². The molecule has 1 aliphatic rings. The lowest BCUT2D eigenvalue weighted by atomic mass is 10.2. The van der Waals surface area contributed by atoms with E-state index in [9.17, 15) is 18.0 Å². The summed E-state index contributed by atoms with van der Waals surface area (Å²) >= 11 is 0. The molecule has 0 N–H and O–H groups in total. The zero-order chi connectivity index (χ0) is 17.9. The van der Waals surface area contributed by atoms with Crippen LogP contribution in [0.5, 0.6) is 5.75 Å². The minimum Gasteiger partial charge on any atom is -0.444 e. The molecule has 0 radical (unpaired) electrons. The summed E-state index contributed by atoms with van der Waals surface area (Å²) in [5, 5.41) is 0. The van der Waals surface area contributed by atoms with Gasteiger partial charge in [-0.3, -0.25) is 0 Å². The second kappa shape index (κ2) is 7.19. The smallest absolute Gasteiger partial charge is 0.410 e. The van der Waals surface area contributed by atoms with E-state index in [1.54, 1.807) is 25.7 Å². The van der Waals surface area contributed by atoms with Gasteiger partial charge >= 0.3 is 12.7 Å². The summed E-state index contributed by atoms with van der Waals surface area (Å²) in [7, 11) is 0. The summed E-state index contributed by atoms with van der Waals surface area (Å²) in [4.78, 5) is 15.4. The van der Waals surface area contributed by atoms with Crippen LogP contribution in [0.1, 0.15) is 20.8 Å². The van der Waals surface area contributed by atoms with Crippen molar-refractivity contribution in [3.63, 3.8) is 0 Å². The first kappa shape index (κ1) is 18.2. The Labute approximate surface area is 138 Å². The molecule has 1 saturated heterocycles. The van der Waals surface area contributed by atoms with E-state index in [1.807, 2.05) is 4.90 Å². The number of hydrogen-bond donors (Lipinski definition) is 0. The number of alkyl halides is 2. The summed E-state index contributed by atoms with van der Waals surface area (Å²) < 4.78 is 47.7. The van der Waals surface area contributed by atoms with Gasteiger partial charge in [-0.15, -0.1) is 0 Å². The molecule has 24 heavy (non-hydrogen) atoms. The molecule has 1 fully saturated rings. The maximum Gasteiger partial charge on any atom is 0.410 e. The van der Waals surface area contributed by atoms with Crippen molar-refractivity contribution in [2.45, 2.75) is 33.0 Å². The second-order valence-corrected chi connectivity index (χ2v) is 6.48. The molecule has 8 heteroatoms. The minimum absolute atomic E-state index is 0.227. The highest BCUT2D eigenvalue weighted by molar-refractivity contribution is 5.68. The molecule has 1 amide bonds. The highest BCUT2D eigenvalue weighted by atomic mass is 19.3. The lowest BCUT2D eigenvalue weighted by molar-refractivity contribution is -0.0499. The monoisotopic (exact) mass is 346 g/mol. The first-order valence-corrected chi connectivity index (χ1v) is 7.62. The summed E-state index contributed by atoms with van der Waals surface area (Å²) in [6.45, 7) is 4.04. The van der Waals surface area contributed by atoms with Gasteiger partial charge in [0.2, 0.25) is 0 Å². The molecule has 2 rings (SSSR count). The Hall–Kier alpha value is -2.12. The number of anilines is 1. The van der Waals surface area contributed by atoms with Crippen LogP contribution < -0.4 is 9.64 Å². The van der Waals surface area contributed by atoms with Gasteiger partial charge in [-0.05, 0) is 26.8 Å². The lowest BCUT2D eigenvalue weighted by Crippen LogP contribution is -2.50. The third-order valence-electron chi connectivity index (χ3n) is 3.38. The van der Waals surface area contributed by atoms with E-state index in [1.165, 1.54) is 12.1 Å². The number of amides is 1. The number of nitrogens with zero attached hydrogens (tertiary/aromatic N) is 2. The van der Waals surface area contributed by atoms with E-state index in [0.29, 0.717) is 31.9 Å². The Morgan fingerprint density at radius 3 is 2.29 bits per heavy atom. The van der Waals surface area contributed by atoms with Crippen LogP contribution in [0.25, 0.3) is 0 Å². The van der Waals surface area contributed by atoms with Crippen LogP contribution in [-0.2, 0) is 4.74 Å². The number of benzene rings is 1. The highest BCUT2D eigenvalue weighted by Crippen LogP contribution is 2.26. The molecular weight excluding hydrogens is 325 g/mol. The van der Waals surface area contributed by atoms with Crippen molar-refractivity contribution in [2.75, 3.05) is 31.1 Å². The Morgan fingerprint density at radius 1 is 1.12 bits per heavy atom. The molecule has 1 aliphatic heterocycles. The van der Waals surface area contributed by atoms with Gasteiger partial charge in [0.1, 0.15) is 17.2 Å². The van der Waals surface area contributed by atoms with Crippen molar-refractivity contribution in [3.8, 4) is 5.75 Å². The van der Waals surface area contributed by atoms with Gasteiger partial charge in [0.05, 0.1) is 0 Å². The van der Waals surface area contributed by atoms with E-state index in [0.717, 1.165) is 6.07 Å². The number of ether oxygens (including phenoxy) is 2. The van der Waals surface area contributed by atoms with E-state index in [2.05, 4.69) is 4.74 Å². The standard InChI is InChI=1S/C16H21F3N2O3/c1-16(2,3)24-15(22)21-6-4-20(5-7-21)12-8-11(17)9-13(10-12)23-14(18)19/h8-10,14H,4-7H2,1-3H3. The topological polar surface area (TPSA) is 42.0 Å². The predicted octanol–water partition coefficient (Wildman–Crippen LogP) is 3.48. The fourth-order valence-corrected chi connectivity index (χ4v) is 2.38. The van der Waals surface area contributed by atoms with Gasteiger partial charge in [0, 0.05) is 44.0 Å². The van der Waals surface area contributed by atoms with Gasteiger partial charge in [-0.25, -0.2) is 9.18 Å². The molecule has 0 aromatic heterocycles. The molecular formula is C16H21F3N2O3. The van der Waals surface area contributed by atoms with Crippen LogP contribution in [0.3, 0.4) is 0 Å². The molecule has 0 spiro atoms. The molecule has 1 heterocycles. The first-order chi connectivity index (χ1) is 11.1. The molecule has 0 aliphatic carbocycles. The summed E-state index contributed by atoms with van der Waals surface area (Å²) in [6.07, 6.45) is -0.400. The van der Waals surface area contributed by atoms with Crippen molar-refractivity contribution in [1.29, 1.82) is 0 Å². The average molecular weight is 346 g/mol. The number of rotatable bonds is 3. The van der Waals surface area contributed by atoms with Gasteiger partial charge in [0.25, 0.3) is 0 Å². The third-order valence-corrected chi connectivity index (χ3v) is 3.38. The molecule has 0 unspecified atom stereocenters. The third kappa shape index (κ3) is 5.21. The highest BCUT2D eigenvalue weighted by Gasteiger charge is 2.26. The zero-order valence-electron chi connectivity index (χ0n) is 13.9. The molecule has 5 nitrogen and oxygen atoms in total. The largest absolute Gasteiger partial charge is 0.444 e. The van der Waals surface area contributed by atoms with Crippen molar-refractivity contribution >= 4 is 11.8 Å². The maximum atomic E-state index is 13.6. The van der Waals surface area contributed by atoms with Crippen molar-refractivity contribution < 1.29 is 27.4 Å². The minimum atomic E-state index is -3.01. The van der Waals surface area contributed by atoms with Crippen molar-refractivity contribution in [3.05, 3.63) is 24.0 Å². The Morgan fingerprint density at radius 2 is 1.75 bits per heavy atom. The molecule has 1 aromatic rings.